The first kappa shape index (κ1) is 11.6. The number of halogens is 1. The highest BCUT2D eigenvalue weighted by Gasteiger charge is 2.13. The molecular weight excluding hydrogens is 258 g/mol. The molecule has 0 bridgehead atoms. The maximum atomic E-state index is 11.1. The third-order valence-corrected chi connectivity index (χ3v) is 3.45. The first-order chi connectivity index (χ1) is 8.11. The van der Waals surface area contributed by atoms with Gasteiger partial charge in [-0.15, -0.1) is 11.3 Å². The Bertz CT molecular complexity index is 628. The Kier molecular flexibility index (Phi) is 3.14. The van der Waals surface area contributed by atoms with Crippen molar-refractivity contribution in [3.63, 3.8) is 0 Å². The zero-order chi connectivity index (χ0) is 12.4. The van der Waals surface area contributed by atoms with Crippen molar-refractivity contribution in [3.05, 3.63) is 45.8 Å². The van der Waals surface area contributed by atoms with Crippen LogP contribution in [0.25, 0.3) is 10.4 Å². The quantitative estimate of drug-likeness (QED) is 0.900. The number of carbonyl (C=O) groups is 1. The second kappa shape index (κ2) is 4.58. The molecule has 0 spiro atoms. The normalized spacial score (nSPS) is 9.88. The zero-order valence-electron chi connectivity index (χ0n) is 8.48. The number of nitrogens with zero attached hydrogens (tertiary/aromatic N) is 1. The van der Waals surface area contributed by atoms with E-state index >= 15 is 0 Å². The van der Waals surface area contributed by atoms with Gasteiger partial charge in [-0.05, 0) is 24.3 Å². The minimum absolute atomic E-state index is 0.142. The molecule has 2 aromatic rings. The fourth-order valence-electron chi connectivity index (χ4n) is 1.45. The SMILES string of the molecule is N#Cc1ccc(-c2ccc(Cl)cc2C(=O)O)s1. The lowest BCUT2D eigenvalue weighted by atomic mass is 10.1. The van der Waals surface area contributed by atoms with E-state index in [2.05, 4.69) is 0 Å². The average Bonchev–Trinajstić information content (AvgIpc) is 2.77. The van der Waals surface area contributed by atoms with Gasteiger partial charge in [0.25, 0.3) is 0 Å². The molecule has 1 heterocycles. The number of carboxylic acid groups (broad SMARTS) is 1. The van der Waals surface area contributed by atoms with Crippen LogP contribution in [0.5, 0.6) is 0 Å². The number of hydrogen-bond acceptors (Lipinski definition) is 3. The zero-order valence-corrected chi connectivity index (χ0v) is 10.0. The number of benzene rings is 1. The number of aromatic carboxylic acids is 1. The lowest BCUT2D eigenvalue weighted by molar-refractivity contribution is 0.0698. The van der Waals surface area contributed by atoms with Crippen molar-refractivity contribution in [1.82, 2.24) is 0 Å². The maximum Gasteiger partial charge on any atom is 0.336 e. The van der Waals surface area contributed by atoms with Gasteiger partial charge in [0, 0.05) is 15.5 Å². The highest BCUT2D eigenvalue weighted by atomic mass is 35.5. The van der Waals surface area contributed by atoms with Gasteiger partial charge < -0.3 is 5.11 Å². The summed E-state index contributed by atoms with van der Waals surface area (Å²) in [5.74, 6) is -1.03. The molecule has 0 aliphatic carbocycles. The van der Waals surface area contributed by atoms with Crippen molar-refractivity contribution in [2.45, 2.75) is 0 Å². The molecule has 1 aromatic carbocycles. The molecule has 5 heteroatoms. The van der Waals surface area contributed by atoms with Crippen LogP contribution in [0.3, 0.4) is 0 Å². The highest BCUT2D eigenvalue weighted by Crippen LogP contribution is 2.32. The minimum Gasteiger partial charge on any atom is -0.478 e. The van der Waals surface area contributed by atoms with Crippen LogP contribution < -0.4 is 0 Å². The molecule has 0 fully saturated rings. The molecule has 2 rings (SSSR count). The monoisotopic (exact) mass is 263 g/mol. The van der Waals surface area contributed by atoms with E-state index in [9.17, 15) is 4.79 Å². The summed E-state index contributed by atoms with van der Waals surface area (Å²) >= 11 is 7.02. The van der Waals surface area contributed by atoms with E-state index in [0.29, 0.717) is 15.5 Å². The second-order valence-corrected chi connectivity index (χ2v) is 4.79. The molecule has 84 valence electrons. The molecule has 0 aliphatic heterocycles. The third kappa shape index (κ3) is 2.31. The first-order valence-corrected chi connectivity index (χ1v) is 5.84. The smallest absolute Gasteiger partial charge is 0.336 e. The summed E-state index contributed by atoms with van der Waals surface area (Å²) in [7, 11) is 0. The van der Waals surface area contributed by atoms with Gasteiger partial charge in [-0.2, -0.15) is 5.26 Å². The molecule has 0 aliphatic rings. The molecular formula is C12H6ClNO2S. The second-order valence-electron chi connectivity index (χ2n) is 3.27. The summed E-state index contributed by atoms with van der Waals surface area (Å²) in [5, 5.41) is 18.2. The van der Waals surface area contributed by atoms with Gasteiger partial charge in [0.1, 0.15) is 10.9 Å². The van der Waals surface area contributed by atoms with Crippen LogP contribution in [-0.2, 0) is 0 Å². The Labute approximate surface area is 107 Å². The number of rotatable bonds is 2. The summed E-state index contributed by atoms with van der Waals surface area (Å²) in [6.45, 7) is 0. The Balaban J connectivity index is 2.59. The van der Waals surface area contributed by atoms with Crippen LogP contribution in [0.4, 0.5) is 0 Å². The molecule has 0 unspecified atom stereocenters. The summed E-state index contributed by atoms with van der Waals surface area (Å²) in [4.78, 5) is 12.4. The summed E-state index contributed by atoms with van der Waals surface area (Å²) in [5.41, 5.74) is 0.720. The van der Waals surface area contributed by atoms with E-state index in [1.807, 2.05) is 6.07 Å². The largest absolute Gasteiger partial charge is 0.478 e. The lowest BCUT2D eigenvalue weighted by Crippen LogP contribution is -1.98. The Morgan fingerprint density at radius 3 is 2.71 bits per heavy atom. The molecule has 3 nitrogen and oxygen atoms in total. The molecule has 0 saturated heterocycles. The van der Waals surface area contributed by atoms with Crippen LogP contribution in [0.1, 0.15) is 15.2 Å². The summed E-state index contributed by atoms with van der Waals surface area (Å²) in [6.07, 6.45) is 0. The summed E-state index contributed by atoms with van der Waals surface area (Å²) in [6, 6.07) is 10.1. The van der Waals surface area contributed by atoms with Crippen molar-refractivity contribution in [2.24, 2.45) is 0 Å². The van der Waals surface area contributed by atoms with Gasteiger partial charge in [-0.25, -0.2) is 4.79 Å². The van der Waals surface area contributed by atoms with Crippen molar-refractivity contribution < 1.29 is 9.90 Å². The van der Waals surface area contributed by atoms with Crippen molar-refractivity contribution in [3.8, 4) is 16.5 Å². The molecule has 0 amide bonds. The van der Waals surface area contributed by atoms with Gasteiger partial charge in [0.15, 0.2) is 0 Å². The van der Waals surface area contributed by atoms with Crippen LogP contribution in [-0.4, -0.2) is 11.1 Å². The Morgan fingerprint density at radius 1 is 1.35 bits per heavy atom. The molecule has 1 aromatic heterocycles. The molecule has 1 N–H and O–H groups in total. The Morgan fingerprint density at radius 2 is 2.12 bits per heavy atom. The van der Waals surface area contributed by atoms with Gasteiger partial charge in [0.2, 0.25) is 0 Å². The van der Waals surface area contributed by atoms with E-state index in [-0.39, 0.29) is 5.56 Å². The molecule has 17 heavy (non-hydrogen) atoms. The Hall–Kier alpha value is -1.83. The van der Waals surface area contributed by atoms with Crippen LogP contribution in [0.15, 0.2) is 30.3 Å². The van der Waals surface area contributed by atoms with Crippen molar-refractivity contribution in [1.29, 1.82) is 5.26 Å². The predicted molar refractivity (Wildman–Crippen MR) is 66.4 cm³/mol. The van der Waals surface area contributed by atoms with Gasteiger partial charge in [-0.3, -0.25) is 0 Å². The summed E-state index contributed by atoms with van der Waals surface area (Å²) < 4.78 is 0. The predicted octanol–water partition coefficient (Wildman–Crippen LogP) is 3.64. The van der Waals surface area contributed by atoms with E-state index in [1.54, 1.807) is 24.3 Å². The molecule has 0 radical (unpaired) electrons. The van der Waals surface area contributed by atoms with Crippen molar-refractivity contribution >= 4 is 28.9 Å². The van der Waals surface area contributed by atoms with Gasteiger partial charge >= 0.3 is 5.97 Å². The third-order valence-electron chi connectivity index (χ3n) is 2.19. The van der Waals surface area contributed by atoms with Crippen molar-refractivity contribution in [2.75, 3.05) is 0 Å². The fourth-order valence-corrected chi connectivity index (χ4v) is 2.47. The fraction of sp³-hybridized carbons (Fsp3) is 0. The number of carboxylic acids is 1. The average molecular weight is 264 g/mol. The van der Waals surface area contributed by atoms with E-state index in [1.165, 1.54) is 17.4 Å². The van der Waals surface area contributed by atoms with E-state index in [0.717, 1.165) is 4.88 Å². The van der Waals surface area contributed by atoms with E-state index < -0.39 is 5.97 Å². The number of nitriles is 1. The number of hydrogen-bond donors (Lipinski definition) is 1. The lowest BCUT2D eigenvalue weighted by Gasteiger charge is -2.03. The van der Waals surface area contributed by atoms with E-state index in [4.69, 9.17) is 22.0 Å². The standard InChI is InChI=1S/C12H6ClNO2S/c13-7-1-3-9(10(5-7)12(15)16)11-4-2-8(6-14)17-11/h1-5H,(H,15,16). The topological polar surface area (TPSA) is 61.1 Å². The number of thiophene rings is 1. The van der Waals surface area contributed by atoms with Gasteiger partial charge in [-0.1, -0.05) is 17.7 Å². The minimum atomic E-state index is -1.03. The van der Waals surface area contributed by atoms with Gasteiger partial charge in [0.05, 0.1) is 5.56 Å². The molecule has 0 saturated carbocycles. The van der Waals surface area contributed by atoms with Crippen LogP contribution in [0, 0.1) is 11.3 Å². The first-order valence-electron chi connectivity index (χ1n) is 4.65. The highest BCUT2D eigenvalue weighted by molar-refractivity contribution is 7.16. The maximum absolute atomic E-state index is 11.1. The molecule has 0 atom stereocenters. The van der Waals surface area contributed by atoms with Crippen LogP contribution in [0.2, 0.25) is 5.02 Å². The van der Waals surface area contributed by atoms with Crippen LogP contribution >= 0.6 is 22.9 Å².